The van der Waals surface area contributed by atoms with Gasteiger partial charge >= 0.3 is 0 Å². The summed E-state index contributed by atoms with van der Waals surface area (Å²) in [7, 11) is 0. The Labute approximate surface area is 121 Å². The molecule has 3 N–H and O–H groups in total. The average molecular weight is 293 g/mol. The SMILES string of the molecule is Cl.N#CCc1cc(CSC(=N)N)c2cnccc2c1. The Hall–Kier alpha value is -1.77. The Morgan fingerprint density at radius 1 is 1.47 bits per heavy atom. The molecule has 4 nitrogen and oxygen atoms in total. The molecule has 0 aliphatic carbocycles. The van der Waals surface area contributed by atoms with Crippen molar-refractivity contribution in [1.82, 2.24) is 4.98 Å². The van der Waals surface area contributed by atoms with Gasteiger partial charge in [0.15, 0.2) is 5.17 Å². The van der Waals surface area contributed by atoms with Crippen LogP contribution in [0.1, 0.15) is 11.1 Å². The molecule has 0 fully saturated rings. The van der Waals surface area contributed by atoms with Crippen molar-refractivity contribution >= 4 is 40.1 Å². The molecule has 0 amide bonds. The van der Waals surface area contributed by atoms with Crippen LogP contribution in [-0.4, -0.2) is 10.2 Å². The van der Waals surface area contributed by atoms with Gasteiger partial charge in [-0.05, 0) is 28.6 Å². The van der Waals surface area contributed by atoms with Gasteiger partial charge in [-0.25, -0.2) is 0 Å². The number of amidine groups is 1. The number of nitrogens with two attached hydrogens (primary N) is 1. The zero-order valence-electron chi connectivity index (χ0n) is 10.1. The average Bonchev–Trinajstić information content (AvgIpc) is 2.36. The molecule has 0 aliphatic heterocycles. The topological polar surface area (TPSA) is 86.5 Å². The van der Waals surface area contributed by atoms with Crippen molar-refractivity contribution in [3.8, 4) is 6.07 Å². The van der Waals surface area contributed by atoms with E-state index in [0.717, 1.165) is 21.9 Å². The molecule has 0 atom stereocenters. The Balaban J connectivity index is 0.00000180. The quantitative estimate of drug-likeness (QED) is 0.673. The maximum Gasteiger partial charge on any atom is 0.151 e. The summed E-state index contributed by atoms with van der Waals surface area (Å²) < 4.78 is 0. The van der Waals surface area contributed by atoms with Crippen molar-refractivity contribution in [3.63, 3.8) is 0 Å². The van der Waals surface area contributed by atoms with E-state index in [1.165, 1.54) is 11.8 Å². The normalized spacial score (nSPS) is 9.63. The van der Waals surface area contributed by atoms with Crippen molar-refractivity contribution in [3.05, 3.63) is 41.7 Å². The van der Waals surface area contributed by atoms with Crippen LogP contribution in [0, 0.1) is 16.7 Å². The summed E-state index contributed by atoms with van der Waals surface area (Å²) in [6, 6.07) is 8.07. The molecule has 0 aliphatic rings. The fourth-order valence-electron chi connectivity index (χ4n) is 1.81. The molecular formula is C13H13ClN4S. The molecule has 0 unspecified atom stereocenters. The summed E-state index contributed by atoms with van der Waals surface area (Å²) in [5.41, 5.74) is 7.40. The van der Waals surface area contributed by atoms with Crippen LogP contribution in [0.2, 0.25) is 0 Å². The summed E-state index contributed by atoms with van der Waals surface area (Å²) in [5.74, 6) is 0.622. The van der Waals surface area contributed by atoms with E-state index in [0.29, 0.717) is 12.2 Å². The minimum absolute atomic E-state index is 0. The number of thioether (sulfide) groups is 1. The molecule has 19 heavy (non-hydrogen) atoms. The number of halogens is 1. The minimum Gasteiger partial charge on any atom is -0.379 e. The van der Waals surface area contributed by atoms with Gasteiger partial charge in [0, 0.05) is 23.5 Å². The van der Waals surface area contributed by atoms with Gasteiger partial charge < -0.3 is 5.73 Å². The van der Waals surface area contributed by atoms with Gasteiger partial charge in [0.05, 0.1) is 12.5 Å². The lowest BCUT2D eigenvalue weighted by molar-refractivity contribution is 1.25. The highest BCUT2D eigenvalue weighted by Gasteiger charge is 2.05. The molecule has 0 saturated carbocycles. The van der Waals surface area contributed by atoms with E-state index in [-0.39, 0.29) is 17.6 Å². The van der Waals surface area contributed by atoms with Gasteiger partial charge in [0.1, 0.15) is 0 Å². The van der Waals surface area contributed by atoms with Crippen molar-refractivity contribution in [2.75, 3.05) is 0 Å². The Kier molecular flexibility index (Phi) is 5.61. The number of nitrogens with zero attached hydrogens (tertiary/aromatic N) is 2. The monoisotopic (exact) mass is 292 g/mol. The van der Waals surface area contributed by atoms with Crippen LogP contribution >= 0.6 is 24.2 Å². The van der Waals surface area contributed by atoms with E-state index in [1.54, 1.807) is 6.20 Å². The zero-order valence-corrected chi connectivity index (χ0v) is 11.7. The van der Waals surface area contributed by atoms with Crippen LogP contribution in [0.15, 0.2) is 30.6 Å². The van der Waals surface area contributed by atoms with Crippen LogP contribution in [-0.2, 0) is 12.2 Å². The fourth-order valence-corrected chi connectivity index (χ4v) is 2.36. The number of fused-ring (bicyclic) bond motifs is 1. The van der Waals surface area contributed by atoms with Crippen LogP contribution < -0.4 is 5.73 Å². The van der Waals surface area contributed by atoms with Crippen molar-refractivity contribution in [2.24, 2.45) is 5.73 Å². The maximum absolute atomic E-state index is 8.78. The number of hydrogen-bond donors (Lipinski definition) is 2. The van der Waals surface area contributed by atoms with Crippen LogP contribution in [0.5, 0.6) is 0 Å². The van der Waals surface area contributed by atoms with Crippen LogP contribution in [0.4, 0.5) is 0 Å². The van der Waals surface area contributed by atoms with E-state index in [1.807, 2.05) is 24.4 Å². The molecule has 1 aromatic carbocycles. The number of aromatic nitrogens is 1. The predicted molar refractivity (Wildman–Crippen MR) is 81.5 cm³/mol. The Morgan fingerprint density at radius 2 is 2.26 bits per heavy atom. The molecular weight excluding hydrogens is 280 g/mol. The van der Waals surface area contributed by atoms with E-state index in [2.05, 4.69) is 11.1 Å². The summed E-state index contributed by atoms with van der Waals surface area (Å²) in [4.78, 5) is 4.12. The fraction of sp³-hybridized carbons (Fsp3) is 0.154. The lowest BCUT2D eigenvalue weighted by atomic mass is 10.0. The first kappa shape index (κ1) is 15.3. The Bertz CT molecular complexity index is 636. The molecule has 0 spiro atoms. The van der Waals surface area contributed by atoms with Gasteiger partial charge in [0.2, 0.25) is 0 Å². The summed E-state index contributed by atoms with van der Waals surface area (Å²) in [6.07, 6.45) is 3.93. The number of nitriles is 1. The van der Waals surface area contributed by atoms with E-state index in [9.17, 15) is 0 Å². The third-order valence-corrected chi connectivity index (χ3v) is 3.33. The first-order valence-corrected chi connectivity index (χ1v) is 6.38. The number of benzene rings is 1. The largest absolute Gasteiger partial charge is 0.379 e. The molecule has 98 valence electrons. The summed E-state index contributed by atoms with van der Waals surface area (Å²) in [6.45, 7) is 0. The second-order valence-electron chi connectivity index (χ2n) is 3.84. The van der Waals surface area contributed by atoms with E-state index >= 15 is 0 Å². The molecule has 0 bridgehead atoms. The van der Waals surface area contributed by atoms with Gasteiger partial charge in [-0.2, -0.15) is 5.26 Å². The van der Waals surface area contributed by atoms with Crippen LogP contribution in [0.25, 0.3) is 10.8 Å². The third-order valence-electron chi connectivity index (χ3n) is 2.57. The third kappa shape index (κ3) is 3.85. The maximum atomic E-state index is 8.78. The van der Waals surface area contributed by atoms with Gasteiger partial charge in [-0.1, -0.05) is 17.8 Å². The molecule has 2 rings (SSSR count). The summed E-state index contributed by atoms with van der Waals surface area (Å²) >= 11 is 1.28. The van der Waals surface area contributed by atoms with E-state index < -0.39 is 0 Å². The highest BCUT2D eigenvalue weighted by molar-refractivity contribution is 8.13. The van der Waals surface area contributed by atoms with Crippen molar-refractivity contribution in [2.45, 2.75) is 12.2 Å². The van der Waals surface area contributed by atoms with Crippen molar-refractivity contribution < 1.29 is 0 Å². The van der Waals surface area contributed by atoms with E-state index in [4.69, 9.17) is 16.4 Å². The zero-order chi connectivity index (χ0) is 13.0. The first-order valence-electron chi connectivity index (χ1n) is 5.40. The lowest BCUT2D eigenvalue weighted by Crippen LogP contribution is -2.04. The Morgan fingerprint density at radius 3 is 2.95 bits per heavy atom. The molecule has 1 heterocycles. The predicted octanol–water partition coefficient (Wildman–Crippen LogP) is 2.85. The molecule has 1 aromatic heterocycles. The van der Waals surface area contributed by atoms with Gasteiger partial charge in [-0.3, -0.25) is 10.4 Å². The lowest BCUT2D eigenvalue weighted by Gasteiger charge is -2.08. The van der Waals surface area contributed by atoms with Gasteiger partial charge in [-0.15, -0.1) is 12.4 Å². The number of rotatable bonds is 3. The first-order chi connectivity index (χ1) is 8.70. The highest BCUT2D eigenvalue weighted by Crippen LogP contribution is 2.24. The number of hydrogen-bond acceptors (Lipinski definition) is 4. The standard InChI is InChI=1S/C13H12N4S.ClH/c14-3-1-9-5-10-2-4-17-7-12(10)11(6-9)8-18-13(15)16;/h2,4-7H,1,8H2,(H3,15,16);1H. The highest BCUT2D eigenvalue weighted by atomic mass is 35.5. The molecule has 0 saturated heterocycles. The number of pyridine rings is 1. The smallest absolute Gasteiger partial charge is 0.151 e. The molecule has 0 radical (unpaired) electrons. The molecule has 2 aromatic rings. The minimum atomic E-state index is 0. The summed E-state index contributed by atoms with van der Waals surface area (Å²) in [5, 5.41) is 18.2. The second-order valence-corrected chi connectivity index (χ2v) is 4.86. The molecule has 6 heteroatoms. The van der Waals surface area contributed by atoms with Crippen molar-refractivity contribution in [1.29, 1.82) is 10.7 Å². The van der Waals surface area contributed by atoms with Crippen LogP contribution in [0.3, 0.4) is 0 Å². The number of nitrogens with one attached hydrogen (secondary N) is 1. The second kappa shape index (κ2) is 6.98. The van der Waals surface area contributed by atoms with Gasteiger partial charge in [0.25, 0.3) is 0 Å².